The number of hydrogen-bond acceptors (Lipinski definition) is 1. The molecule has 0 fully saturated rings. The molecule has 2 aliphatic carbocycles. The average Bonchev–Trinajstić information content (AvgIpc) is 3.50. The first-order chi connectivity index (χ1) is 25.4. The highest BCUT2D eigenvalue weighted by atomic mass is 15.1. The van der Waals surface area contributed by atoms with E-state index in [-0.39, 0.29) is 10.8 Å². The van der Waals surface area contributed by atoms with Gasteiger partial charge in [0.05, 0.1) is 11.4 Å². The van der Waals surface area contributed by atoms with E-state index in [1.54, 1.807) is 0 Å². The highest BCUT2D eigenvalue weighted by Crippen LogP contribution is 2.58. The van der Waals surface area contributed by atoms with E-state index in [9.17, 15) is 0 Å². The van der Waals surface area contributed by atoms with Crippen molar-refractivity contribution < 1.29 is 0 Å². The first-order valence-corrected chi connectivity index (χ1v) is 19.0. The van der Waals surface area contributed by atoms with Crippen LogP contribution in [0.4, 0.5) is 17.1 Å². The van der Waals surface area contributed by atoms with Gasteiger partial charge in [-0.25, -0.2) is 0 Å². The van der Waals surface area contributed by atoms with Gasteiger partial charge in [-0.3, -0.25) is 0 Å². The van der Waals surface area contributed by atoms with Crippen LogP contribution in [0.2, 0.25) is 0 Å². The van der Waals surface area contributed by atoms with Crippen LogP contribution in [0.25, 0.3) is 44.5 Å². The third kappa shape index (κ3) is 5.20. The van der Waals surface area contributed by atoms with Crippen LogP contribution in [-0.4, -0.2) is 0 Å². The second-order valence-electron chi connectivity index (χ2n) is 16.6. The summed E-state index contributed by atoms with van der Waals surface area (Å²) in [6, 6.07) is 52.6. The quantitative estimate of drug-likeness (QED) is 0.174. The summed E-state index contributed by atoms with van der Waals surface area (Å²) in [5.74, 6) is 0. The molecule has 0 heterocycles. The Hall–Kier alpha value is -5.66. The fraction of sp³-hybridized carbons (Fsp3) is 0.192. The Kier molecular flexibility index (Phi) is 7.48. The number of nitrogens with zero attached hydrogens (tertiary/aromatic N) is 1. The largest absolute Gasteiger partial charge is 0.309 e. The number of benzene rings is 7. The zero-order chi connectivity index (χ0) is 36.8. The molecule has 2 aliphatic rings. The normalized spacial score (nSPS) is 14.3. The van der Waals surface area contributed by atoms with Gasteiger partial charge in [-0.05, 0) is 119 Å². The summed E-state index contributed by atoms with van der Waals surface area (Å²) in [4.78, 5) is 2.58. The van der Waals surface area contributed by atoms with E-state index >= 15 is 0 Å². The Labute approximate surface area is 315 Å². The van der Waals surface area contributed by atoms with Crippen molar-refractivity contribution in [3.63, 3.8) is 0 Å². The molecule has 0 saturated heterocycles. The Morgan fingerprint density at radius 3 is 1.17 bits per heavy atom. The lowest BCUT2D eigenvalue weighted by molar-refractivity contribution is 0.659. The lowest BCUT2D eigenvalue weighted by Crippen LogP contribution is -2.18. The second kappa shape index (κ2) is 11.9. The van der Waals surface area contributed by atoms with Crippen molar-refractivity contribution in [3.05, 3.63) is 184 Å². The van der Waals surface area contributed by atoms with Gasteiger partial charge >= 0.3 is 0 Å². The molecule has 0 aromatic heterocycles. The molecule has 0 unspecified atom stereocenters. The molecule has 7 aromatic rings. The highest BCUT2D eigenvalue weighted by molar-refractivity contribution is 6.01. The molecule has 260 valence electrons. The van der Waals surface area contributed by atoms with Crippen molar-refractivity contribution in [2.45, 2.75) is 66.2 Å². The van der Waals surface area contributed by atoms with E-state index in [0.717, 1.165) is 5.69 Å². The summed E-state index contributed by atoms with van der Waals surface area (Å²) in [6.07, 6.45) is 0. The van der Waals surface area contributed by atoms with Crippen molar-refractivity contribution >= 4 is 17.1 Å². The summed E-state index contributed by atoms with van der Waals surface area (Å²) in [5, 5.41) is 0. The second-order valence-corrected chi connectivity index (χ2v) is 16.6. The fourth-order valence-corrected chi connectivity index (χ4v) is 9.21. The summed E-state index contributed by atoms with van der Waals surface area (Å²) in [5.41, 5.74) is 24.4. The molecular formula is C52H47N. The van der Waals surface area contributed by atoms with Gasteiger partial charge in [0.15, 0.2) is 0 Å². The summed E-state index contributed by atoms with van der Waals surface area (Å²) >= 11 is 0. The Morgan fingerprint density at radius 1 is 0.358 bits per heavy atom. The molecule has 0 amide bonds. The first-order valence-electron chi connectivity index (χ1n) is 19.0. The lowest BCUT2D eigenvalue weighted by Gasteiger charge is -2.32. The number of aryl methyl sites for hydroxylation is 4. The zero-order valence-electron chi connectivity index (χ0n) is 32.2. The molecule has 0 N–H and O–H groups in total. The average molecular weight is 686 g/mol. The van der Waals surface area contributed by atoms with Crippen LogP contribution < -0.4 is 4.90 Å². The van der Waals surface area contributed by atoms with Crippen LogP contribution in [0.15, 0.2) is 140 Å². The maximum absolute atomic E-state index is 2.58. The van der Waals surface area contributed by atoms with E-state index in [2.05, 4.69) is 200 Å². The Morgan fingerprint density at radius 2 is 0.736 bits per heavy atom. The highest BCUT2D eigenvalue weighted by Gasteiger charge is 2.41. The van der Waals surface area contributed by atoms with Crippen molar-refractivity contribution in [2.24, 2.45) is 0 Å². The summed E-state index contributed by atoms with van der Waals surface area (Å²) < 4.78 is 0. The van der Waals surface area contributed by atoms with Crippen LogP contribution in [-0.2, 0) is 10.8 Å². The molecule has 0 aliphatic heterocycles. The molecule has 7 aromatic carbocycles. The SMILES string of the molecule is Cc1ccc2c(c1)C(C)(C)c1cc(C)cc(N(c3ccc(-c4ccc(-c5ccccc5)cc4)cc3)c3cc(C)cc4c3-c3ccc(C)cc3C4(C)C)c1-2. The van der Waals surface area contributed by atoms with E-state index in [0.29, 0.717) is 0 Å². The first kappa shape index (κ1) is 33.2. The third-order valence-corrected chi connectivity index (χ3v) is 12.0. The molecule has 0 spiro atoms. The Bertz CT molecular complexity index is 2450. The predicted octanol–water partition coefficient (Wildman–Crippen LogP) is 14.3. The monoisotopic (exact) mass is 685 g/mol. The molecule has 1 nitrogen and oxygen atoms in total. The van der Waals surface area contributed by atoms with Crippen molar-refractivity contribution in [1.29, 1.82) is 0 Å². The minimum absolute atomic E-state index is 0.112. The standard InChI is InChI=1S/C52H47N/c1-32-14-24-41-43(26-32)51(5,6)45-28-34(3)30-47(49(41)45)53(48-31-35(4)29-46-50(48)42-25-15-33(2)27-44(42)52(46,7)8)40-22-20-39(21-23-40)38-18-16-37(17-19-38)36-12-10-9-11-13-36/h9-31H,1-8H3. The van der Waals surface area contributed by atoms with E-state index in [4.69, 9.17) is 0 Å². The molecule has 0 atom stereocenters. The molecule has 9 rings (SSSR count). The van der Waals surface area contributed by atoms with Crippen LogP contribution in [0.1, 0.15) is 72.2 Å². The van der Waals surface area contributed by atoms with Gasteiger partial charge in [-0.1, -0.05) is 154 Å². The van der Waals surface area contributed by atoms with Gasteiger partial charge in [0.1, 0.15) is 0 Å². The summed E-state index contributed by atoms with van der Waals surface area (Å²) in [7, 11) is 0. The number of hydrogen-bond donors (Lipinski definition) is 0. The van der Waals surface area contributed by atoms with Gasteiger partial charge in [-0.2, -0.15) is 0 Å². The molecule has 1 heteroatoms. The predicted molar refractivity (Wildman–Crippen MR) is 226 cm³/mol. The molecule has 0 bridgehead atoms. The minimum Gasteiger partial charge on any atom is -0.309 e. The van der Waals surface area contributed by atoms with Crippen molar-refractivity contribution in [2.75, 3.05) is 4.90 Å². The fourth-order valence-electron chi connectivity index (χ4n) is 9.21. The molecule has 0 radical (unpaired) electrons. The minimum atomic E-state index is -0.112. The zero-order valence-corrected chi connectivity index (χ0v) is 32.2. The van der Waals surface area contributed by atoms with E-state index in [1.807, 2.05) is 0 Å². The topological polar surface area (TPSA) is 3.24 Å². The van der Waals surface area contributed by atoms with E-state index in [1.165, 1.54) is 100 Å². The maximum Gasteiger partial charge on any atom is 0.0546 e. The lowest BCUT2D eigenvalue weighted by atomic mass is 9.81. The van der Waals surface area contributed by atoms with Gasteiger partial charge in [0, 0.05) is 27.6 Å². The molecular weight excluding hydrogens is 639 g/mol. The van der Waals surface area contributed by atoms with Crippen molar-refractivity contribution in [3.8, 4) is 44.5 Å². The summed E-state index contributed by atoms with van der Waals surface area (Å²) in [6.45, 7) is 18.5. The van der Waals surface area contributed by atoms with Gasteiger partial charge in [-0.15, -0.1) is 0 Å². The van der Waals surface area contributed by atoms with Crippen molar-refractivity contribution in [1.82, 2.24) is 0 Å². The smallest absolute Gasteiger partial charge is 0.0546 e. The third-order valence-electron chi connectivity index (χ3n) is 12.0. The van der Waals surface area contributed by atoms with Crippen LogP contribution in [0.3, 0.4) is 0 Å². The number of rotatable bonds is 5. The number of anilines is 3. The Balaban J connectivity index is 1.28. The molecule has 0 saturated carbocycles. The van der Waals surface area contributed by atoms with E-state index < -0.39 is 0 Å². The molecule has 53 heavy (non-hydrogen) atoms. The van der Waals surface area contributed by atoms with Crippen LogP contribution in [0.5, 0.6) is 0 Å². The number of fused-ring (bicyclic) bond motifs is 6. The maximum atomic E-state index is 2.58. The van der Waals surface area contributed by atoms with Gasteiger partial charge < -0.3 is 4.90 Å². The van der Waals surface area contributed by atoms with Gasteiger partial charge in [0.2, 0.25) is 0 Å². The van der Waals surface area contributed by atoms with Crippen LogP contribution in [0, 0.1) is 27.7 Å². The van der Waals surface area contributed by atoms with Gasteiger partial charge in [0.25, 0.3) is 0 Å². The van der Waals surface area contributed by atoms with Crippen LogP contribution >= 0.6 is 0 Å².